The summed E-state index contributed by atoms with van der Waals surface area (Å²) in [5, 5.41) is 4.12. The number of ether oxygens (including phenoxy) is 3. The van der Waals surface area contributed by atoms with Gasteiger partial charge in [-0.3, -0.25) is 19.3 Å². The third-order valence-corrected chi connectivity index (χ3v) is 9.07. The second-order valence-corrected chi connectivity index (χ2v) is 11.7. The second-order valence-electron chi connectivity index (χ2n) is 11.7. The van der Waals surface area contributed by atoms with Gasteiger partial charge in [0.2, 0.25) is 11.8 Å². The predicted molar refractivity (Wildman–Crippen MR) is 165 cm³/mol. The molecule has 3 aliphatic rings. The van der Waals surface area contributed by atoms with Gasteiger partial charge in [-0.15, -0.1) is 0 Å². The Bertz CT molecular complexity index is 1520. The summed E-state index contributed by atoms with van der Waals surface area (Å²) in [6.45, 7) is 5.38. The summed E-state index contributed by atoms with van der Waals surface area (Å²) in [6, 6.07) is 15.6. The first-order chi connectivity index (χ1) is 21.4. The van der Waals surface area contributed by atoms with Crippen molar-refractivity contribution >= 4 is 28.6 Å². The monoisotopic (exact) mass is 603 g/mol. The van der Waals surface area contributed by atoms with Gasteiger partial charge in [-0.2, -0.15) is 0 Å². The summed E-state index contributed by atoms with van der Waals surface area (Å²) in [5.41, 5.74) is 2.52. The van der Waals surface area contributed by atoms with Crippen molar-refractivity contribution in [2.75, 3.05) is 79.3 Å². The molecule has 11 heteroatoms. The molecule has 0 spiro atoms. The summed E-state index contributed by atoms with van der Waals surface area (Å²) in [4.78, 5) is 46.4. The molecule has 0 aliphatic carbocycles. The lowest BCUT2D eigenvalue weighted by molar-refractivity contribution is -0.132. The Morgan fingerprint density at radius 2 is 1.75 bits per heavy atom. The standard InChI is InChI=1S/C33H41N5O6/c1-35-27-7-4-3-6-24(27)18-28(35)33(41)37-11-5-10-34-32(40)26-21-38(31(39)22-36-12-15-43-16-13-36)20-25(26)23-8-9-29(42-2)30(19-23)44-17-14-37/h3-4,6-9,18-19,25-26H,5,10-17,20-22H2,1-2H3,(H,34,40)/t25-,26+/m1/s1. The number of hydrogen-bond donors (Lipinski definition) is 1. The van der Waals surface area contributed by atoms with Crippen LogP contribution in [0.3, 0.4) is 0 Å². The molecule has 2 atom stereocenters. The number of likely N-dealkylation sites (tertiary alicyclic amines) is 1. The van der Waals surface area contributed by atoms with E-state index in [0.717, 1.165) is 29.6 Å². The maximum Gasteiger partial charge on any atom is 0.270 e. The Morgan fingerprint density at radius 3 is 2.55 bits per heavy atom. The highest BCUT2D eigenvalue weighted by Gasteiger charge is 2.41. The molecule has 4 heterocycles. The number of fused-ring (bicyclic) bond motifs is 5. The smallest absolute Gasteiger partial charge is 0.270 e. The van der Waals surface area contributed by atoms with Crippen molar-refractivity contribution in [2.45, 2.75) is 12.3 Å². The molecule has 44 heavy (non-hydrogen) atoms. The van der Waals surface area contributed by atoms with Gasteiger partial charge in [-0.1, -0.05) is 24.3 Å². The number of carbonyl (C=O) groups is 3. The van der Waals surface area contributed by atoms with Crippen LogP contribution in [0.15, 0.2) is 48.5 Å². The van der Waals surface area contributed by atoms with Crippen molar-refractivity contribution in [1.82, 2.24) is 24.6 Å². The quantitative estimate of drug-likeness (QED) is 0.487. The highest BCUT2D eigenvalue weighted by atomic mass is 16.5. The molecule has 2 aromatic carbocycles. The molecule has 3 aromatic rings. The number of nitrogens with zero attached hydrogens (tertiary/aromatic N) is 4. The summed E-state index contributed by atoms with van der Waals surface area (Å²) < 4.78 is 19.2. The zero-order chi connectivity index (χ0) is 30.6. The van der Waals surface area contributed by atoms with Crippen LogP contribution in [0, 0.1) is 5.92 Å². The fourth-order valence-electron chi connectivity index (χ4n) is 6.55. The molecule has 2 bridgehead atoms. The Kier molecular flexibility index (Phi) is 9.04. The summed E-state index contributed by atoms with van der Waals surface area (Å²) in [6.07, 6.45) is 0.590. The molecule has 0 unspecified atom stereocenters. The number of aromatic nitrogens is 1. The van der Waals surface area contributed by atoms with E-state index in [1.54, 1.807) is 12.0 Å². The normalized spacial score (nSPS) is 21.7. The van der Waals surface area contributed by atoms with Gasteiger partial charge < -0.3 is 33.9 Å². The molecule has 3 aliphatic heterocycles. The molecule has 234 valence electrons. The first kappa shape index (κ1) is 30.0. The minimum Gasteiger partial charge on any atom is -0.493 e. The molecule has 0 saturated carbocycles. The Morgan fingerprint density at radius 1 is 0.955 bits per heavy atom. The van der Waals surface area contributed by atoms with Crippen LogP contribution < -0.4 is 14.8 Å². The number of para-hydroxylation sites is 1. The van der Waals surface area contributed by atoms with E-state index < -0.39 is 5.92 Å². The van der Waals surface area contributed by atoms with Crippen LogP contribution in [-0.4, -0.2) is 116 Å². The van der Waals surface area contributed by atoms with Crippen molar-refractivity contribution in [3.05, 3.63) is 59.8 Å². The molecule has 1 N–H and O–H groups in total. The predicted octanol–water partition coefficient (Wildman–Crippen LogP) is 2.10. The van der Waals surface area contributed by atoms with E-state index in [4.69, 9.17) is 14.2 Å². The van der Waals surface area contributed by atoms with Gasteiger partial charge in [0.1, 0.15) is 12.3 Å². The summed E-state index contributed by atoms with van der Waals surface area (Å²) >= 11 is 0. The van der Waals surface area contributed by atoms with Gasteiger partial charge in [0, 0.05) is 63.1 Å². The van der Waals surface area contributed by atoms with E-state index in [0.29, 0.717) is 76.1 Å². The van der Waals surface area contributed by atoms with Crippen LogP contribution in [0.2, 0.25) is 0 Å². The maximum atomic E-state index is 13.8. The van der Waals surface area contributed by atoms with Crippen molar-refractivity contribution in [1.29, 1.82) is 0 Å². The number of amides is 3. The van der Waals surface area contributed by atoms with Crippen LogP contribution >= 0.6 is 0 Å². The Labute approximate surface area is 257 Å². The van der Waals surface area contributed by atoms with Gasteiger partial charge >= 0.3 is 0 Å². The lowest BCUT2D eigenvalue weighted by Gasteiger charge is -2.28. The summed E-state index contributed by atoms with van der Waals surface area (Å²) in [7, 11) is 3.49. The van der Waals surface area contributed by atoms with Gasteiger partial charge in [0.15, 0.2) is 11.5 Å². The Hall–Kier alpha value is -4.09. The first-order valence-electron chi connectivity index (χ1n) is 15.4. The first-order valence-corrected chi connectivity index (χ1v) is 15.4. The zero-order valence-corrected chi connectivity index (χ0v) is 25.5. The van der Waals surface area contributed by atoms with E-state index in [9.17, 15) is 14.4 Å². The number of rotatable bonds is 4. The number of methoxy groups -OCH3 is 1. The van der Waals surface area contributed by atoms with Gasteiger partial charge in [0.25, 0.3) is 5.91 Å². The molecule has 1 aromatic heterocycles. The SMILES string of the molecule is COc1ccc2cc1OCCN(C(=O)c1cc3ccccc3n1C)CCCNC(=O)[C@H]1CN(C(=O)CN3CCOCC3)C[C@H]21. The topological polar surface area (TPSA) is 106 Å². The highest BCUT2D eigenvalue weighted by Crippen LogP contribution is 2.38. The minimum absolute atomic E-state index is 0.0255. The summed E-state index contributed by atoms with van der Waals surface area (Å²) in [5.74, 6) is 0.404. The van der Waals surface area contributed by atoms with Crippen LogP contribution in [0.25, 0.3) is 10.9 Å². The average Bonchev–Trinajstić information content (AvgIpc) is 3.64. The molecule has 6 rings (SSSR count). The number of aryl methyl sites for hydroxylation is 1. The molecule has 2 saturated heterocycles. The van der Waals surface area contributed by atoms with Crippen LogP contribution in [0.1, 0.15) is 28.4 Å². The van der Waals surface area contributed by atoms with E-state index in [1.165, 1.54) is 0 Å². The van der Waals surface area contributed by atoms with Gasteiger partial charge in [-0.25, -0.2) is 0 Å². The second kappa shape index (κ2) is 13.3. The van der Waals surface area contributed by atoms with Crippen LogP contribution in [-0.2, 0) is 21.4 Å². The van der Waals surface area contributed by atoms with E-state index >= 15 is 0 Å². The van der Waals surface area contributed by atoms with Gasteiger partial charge in [-0.05, 0) is 36.2 Å². The molecular weight excluding hydrogens is 562 g/mol. The van der Waals surface area contributed by atoms with E-state index in [-0.39, 0.29) is 30.2 Å². The number of morpholine rings is 1. The third-order valence-electron chi connectivity index (χ3n) is 9.07. The lowest BCUT2D eigenvalue weighted by atomic mass is 9.88. The third kappa shape index (κ3) is 6.25. The Balaban J connectivity index is 1.22. The lowest BCUT2D eigenvalue weighted by Crippen LogP contribution is -2.44. The molecule has 11 nitrogen and oxygen atoms in total. The van der Waals surface area contributed by atoms with Crippen LogP contribution in [0.5, 0.6) is 11.5 Å². The number of hydrogen-bond acceptors (Lipinski definition) is 7. The van der Waals surface area contributed by atoms with Crippen LogP contribution in [0.4, 0.5) is 0 Å². The molecule has 3 amide bonds. The fraction of sp³-hybridized carbons (Fsp3) is 0.485. The minimum atomic E-state index is -0.402. The number of nitrogens with one attached hydrogen (secondary N) is 1. The molecule has 0 radical (unpaired) electrons. The van der Waals surface area contributed by atoms with Crippen molar-refractivity contribution in [2.24, 2.45) is 13.0 Å². The highest BCUT2D eigenvalue weighted by molar-refractivity contribution is 5.98. The van der Waals surface area contributed by atoms with Crippen molar-refractivity contribution in [3.8, 4) is 11.5 Å². The van der Waals surface area contributed by atoms with E-state index in [1.807, 2.05) is 65.0 Å². The number of benzene rings is 2. The van der Waals surface area contributed by atoms with Gasteiger partial charge in [0.05, 0.1) is 39.3 Å². The molecular formula is C33H41N5O6. The van der Waals surface area contributed by atoms with E-state index in [2.05, 4.69) is 10.2 Å². The number of carbonyl (C=O) groups excluding carboxylic acids is 3. The zero-order valence-electron chi connectivity index (χ0n) is 25.5. The van der Waals surface area contributed by atoms with Crippen molar-refractivity contribution in [3.63, 3.8) is 0 Å². The average molecular weight is 604 g/mol. The largest absolute Gasteiger partial charge is 0.493 e. The molecule has 2 fully saturated rings. The van der Waals surface area contributed by atoms with Crippen molar-refractivity contribution < 1.29 is 28.6 Å². The maximum absolute atomic E-state index is 13.8. The fourth-order valence-corrected chi connectivity index (χ4v) is 6.55.